The lowest BCUT2D eigenvalue weighted by molar-refractivity contribution is -0.137. The monoisotopic (exact) mass is 613 g/mol. The van der Waals surface area contributed by atoms with Gasteiger partial charge in [0.2, 0.25) is 17.7 Å². The molecule has 0 bridgehead atoms. The van der Waals surface area contributed by atoms with Crippen molar-refractivity contribution in [3.05, 3.63) is 41.1 Å². The van der Waals surface area contributed by atoms with Crippen LogP contribution in [0.1, 0.15) is 43.5 Å². The summed E-state index contributed by atoms with van der Waals surface area (Å²) in [4.78, 5) is 44.6. The van der Waals surface area contributed by atoms with Crippen LogP contribution < -0.4 is 32.6 Å². The molecule has 1 aromatic carbocycles. The molecule has 0 aliphatic carbocycles. The first-order valence-corrected chi connectivity index (χ1v) is 14.1. The van der Waals surface area contributed by atoms with E-state index in [4.69, 9.17) is 21.9 Å². The second-order valence-corrected chi connectivity index (χ2v) is 11.3. The van der Waals surface area contributed by atoms with E-state index in [0.29, 0.717) is 29.1 Å². The van der Waals surface area contributed by atoms with Crippen LogP contribution in [0, 0.1) is 0 Å². The van der Waals surface area contributed by atoms with Gasteiger partial charge in [0.25, 0.3) is 0 Å². The van der Waals surface area contributed by atoms with Crippen LogP contribution >= 0.6 is 11.3 Å². The molecule has 3 amide bonds. The van der Waals surface area contributed by atoms with Crippen LogP contribution in [0.25, 0.3) is 0 Å². The zero-order chi connectivity index (χ0) is 31.2. The molecule has 2 unspecified atom stereocenters. The predicted octanol–water partition coefficient (Wildman–Crippen LogP) is -0.366. The fourth-order valence-corrected chi connectivity index (χ4v) is 5.39. The molecule has 1 aromatic heterocycles. The van der Waals surface area contributed by atoms with Crippen molar-refractivity contribution in [3.63, 3.8) is 0 Å². The molecule has 0 spiro atoms. The van der Waals surface area contributed by atoms with Crippen LogP contribution in [0.4, 0.5) is 18.3 Å². The highest BCUT2D eigenvalue weighted by atomic mass is 32.1. The molecule has 2 atom stereocenters. The molecule has 17 heteroatoms. The Labute approximate surface area is 245 Å². The van der Waals surface area contributed by atoms with Gasteiger partial charge >= 0.3 is 13.3 Å². The van der Waals surface area contributed by atoms with Gasteiger partial charge in [-0.15, -0.1) is 11.3 Å². The molecule has 0 fully saturated rings. The lowest BCUT2D eigenvalue weighted by Gasteiger charge is -2.23. The number of carbonyl (C=O) groups is 3. The van der Waals surface area contributed by atoms with Crippen LogP contribution in [0.15, 0.2) is 24.3 Å². The van der Waals surface area contributed by atoms with Gasteiger partial charge in [0.05, 0.1) is 27.7 Å². The quantitative estimate of drug-likeness (QED) is 0.163. The summed E-state index contributed by atoms with van der Waals surface area (Å²) >= 11 is 0.996. The minimum atomic E-state index is -4.54. The van der Waals surface area contributed by atoms with E-state index in [-0.39, 0.29) is 43.4 Å². The van der Waals surface area contributed by atoms with E-state index in [1.165, 1.54) is 17.0 Å². The number of aromatic nitrogens is 1. The Hall–Kier alpha value is -3.09. The molecular formula is C25H35BF3N7O5S. The second-order valence-electron chi connectivity index (χ2n) is 10.3. The van der Waals surface area contributed by atoms with Gasteiger partial charge in [-0.25, -0.2) is 4.98 Å². The van der Waals surface area contributed by atoms with Crippen molar-refractivity contribution in [1.29, 1.82) is 0 Å². The number of fused-ring (bicyclic) bond motifs is 1. The summed E-state index contributed by atoms with van der Waals surface area (Å²) in [7, 11) is -1.22. The van der Waals surface area contributed by atoms with Gasteiger partial charge in [-0.2, -0.15) is 13.2 Å². The number of nitrogens with zero attached hydrogens (tertiary/aromatic N) is 2. The first-order valence-electron chi connectivity index (χ1n) is 13.2. The molecule has 0 saturated carbocycles. The maximum absolute atomic E-state index is 13.3. The van der Waals surface area contributed by atoms with E-state index in [9.17, 15) is 32.6 Å². The summed E-state index contributed by atoms with van der Waals surface area (Å²) in [5.41, 5.74) is 16.1. The number of thiazole rings is 1. The van der Waals surface area contributed by atoms with Gasteiger partial charge < -0.3 is 42.4 Å². The molecule has 2 aromatic rings. The van der Waals surface area contributed by atoms with E-state index < -0.39 is 48.4 Å². The maximum Gasteiger partial charge on any atom is 0.504 e. The fraction of sp³-hybridized carbons (Fsp3) is 0.520. The van der Waals surface area contributed by atoms with Gasteiger partial charge in [0.15, 0.2) is 5.13 Å². The normalized spacial score (nSPS) is 15.6. The molecule has 42 heavy (non-hydrogen) atoms. The Kier molecular flexibility index (Phi) is 11.1. The zero-order valence-corrected chi connectivity index (χ0v) is 24.1. The highest BCUT2D eigenvalue weighted by Crippen LogP contribution is 2.33. The Balaban J connectivity index is 1.74. The Morgan fingerprint density at radius 3 is 2.31 bits per heavy atom. The van der Waals surface area contributed by atoms with E-state index >= 15 is 0 Å². The number of hydrogen-bond donors (Lipinski definition) is 6. The zero-order valence-electron chi connectivity index (χ0n) is 23.2. The van der Waals surface area contributed by atoms with Crippen molar-refractivity contribution in [1.82, 2.24) is 15.2 Å². The summed E-state index contributed by atoms with van der Waals surface area (Å²) < 4.78 is 44.9. The van der Waals surface area contributed by atoms with Crippen molar-refractivity contribution in [2.45, 2.75) is 57.0 Å². The van der Waals surface area contributed by atoms with Crippen molar-refractivity contribution >= 4 is 46.1 Å². The lowest BCUT2D eigenvalue weighted by atomic mass is 9.90. The number of carbonyl (C=O) groups excluding carboxylic acids is 3. The van der Waals surface area contributed by atoms with Crippen LogP contribution in [-0.4, -0.2) is 78.0 Å². The SMILES string of the molecule is CC1(C)OB(O)c2sc(NC(=O)C(Cc3ccc(C(F)(F)F)cc3)NC(=O)C(N)CCC(=O)N(CCN)CCN)nc21. The van der Waals surface area contributed by atoms with Crippen molar-refractivity contribution in [3.8, 4) is 0 Å². The summed E-state index contributed by atoms with van der Waals surface area (Å²) in [6, 6.07) is 1.78. The van der Waals surface area contributed by atoms with Crippen LogP contribution in [-0.2, 0) is 37.2 Å². The number of amides is 3. The number of nitrogens with one attached hydrogen (secondary N) is 2. The van der Waals surface area contributed by atoms with Gasteiger partial charge in [0.1, 0.15) is 6.04 Å². The van der Waals surface area contributed by atoms with E-state index in [1.54, 1.807) is 13.8 Å². The lowest BCUT2D eigenvalue weighted by Crippen LogP contribution is -2.51. The van der Waals surface area contributed by atoms with Gasteiger partial charge in [-0.05, 0) is 38.0 Å². The summed E-state index contributed by atoms with van der Waals surface area (Å²) in [6.45, 7) is 4.49. The second kappa shape index (κ2) is 13.9. The maximum atomic E-state index is 13.3. The smallest absolute Gasteiger partial charge is 0.422 e. The first kappa shape index (κ1) is 33.4. The predicted molar refractivity (Wildman–Crippen MR) is 151 cm³/mol. The van der Waals surface area contributed by atoms with E-state index in [2.05, 4.69) is 15.6 Å². The number of alkyl halides is 3. The number of benzene rings is 1. The van der Waals surface area contributed by atoms with Crippen molar-refractivity contribution in [2.24, 2.45) is 17.2 Å². The van der Waals surface area contributed by atoms with Gasteiger partial charge in [-0.1, -0.05) is 12.1 Å². The third-order valence-corrected chi connectivity index (χ3v) is 7.60. The minimum Gasteiger partial charge on any atom is -0.422 e. The van der Waals surface area contributed by atoms with E-state index in [0.717, 1.165) is 23.5 Å². The van der Waals surface area contributed by atoms with Crippen LogP contribution in [0.5, 0.6) is 0 Å². The Morgan fingerprint density at radius 1 is 1.14 bits per heavy atom. The van der Waals surface area contributed by atoms with Gasteiger partial charge in [-0.3, -0.25) is 14.4 Å². The standard InChI is InChI=1S/C25H35BF3N7O5S/c1-24(2)19-20(26(40)41-24)42-23(34-19)35-22(39)17(13-14-3-5-15(6-4-14)25(27,28)29)33-21(38)16(32)7-8-18(37)36(11-9-30)12-10-31/h3-6,16-17,40H,7-13,30-32H2,1-2H3,(H,33,38)(H,34,35,39). The summed E-state index contributed by atoms with van der Waals surface area (Å²) in [5, 5.41) is 15.4. The molecule has 230 valence electrons. The van der Waals surface area contributed by atoms with E-state index in [1.807, 2.05) is 0 Å². The first-order chi connectivity index (χ1) is 19.7. The number of halogens is 3. The highest BCUT2D eigenvalue weighted by molar-refractivity contribution is 7.25. The Morgan fingerprint density at radius 2 is 1.76 bits per heavy atom. The molecule has 1 aliphatic heterocycles. The Bertz CT molecular complexity index is 1260. The topological polar surface area (TPSA) is 199 Å². The molecular weight excluding hydrogens is 578 g/mol. The number of anilines is 1. The van der Waals surface area contributed by atoms with Gasteiger partial charge in [0, 0.05) is 39.0 Å². The molecule has 12 nitrogen and oxygen atoms in total. The van der Waals surface area contributed by atoms with Crippen molar-refractivity contribution < 1.29 is 37.2 Å². The number of nitrogens with two attached hydrogens (primary N) is 3. The average molecular weight is 613 g/mol. The molecule has 1 aliphatic rings. The molecule has 9 N–H and O–H groups in total. The largest absolute Gasteiger partial charge is 0.504 e. The van der Waals surface area contributed by atoms with Crippen molar-refractivity contribution in [2.75, 3.05) is 31.5 Å². The number of rotatable bonds is 13. The minimum absolute atomic E-state index is 0.0307. The summed E-state index contributed by atoms with van der Waals surface area (Å²) in [5.74, 6) is -1.71. The third-order valence-electron chi connectivity index (χ3n) is 6.60. The van der Waals surface area contributed by atoms with Crippen LogP contribution in [0.3, 0.4) is 0 Å². The molecule has 0 radical (unpaired) electrons. The molecule has 3 rings (SSSR count). The highest BCUT2D eigenvalue weighted by Gasteiger charge is 2.44. The third kappa shape index (κ3) is 8.48. The number of hydrogen-bond acceptors (Lipinski definition) is 10. The molecule has 2 heterocycles. The average Bonchev–Trinajstić information content (AvgIpc) is 3.43. The fourth-order valence-electron chi connectivity index (χ4n) is 4.36. The van der Waals surface area contributed by atoms with Crippen LogP contribution in [0.2, 0.25) is 0 Å². The summed E-state index contributed by atoms with van der Waals surface area (Å²) in [6.07, 6.45) is -4.79. The molecule has 0 saturated heterocycles.